The normalized spacial score (nSPS) is 19.1. The number of rotatable bonds is 4. The molecule has 1 fully saturated rings. The third-order valence-corrected chi connectivity index (χ3v) is 4.98. The van der Waals surface area contributed by atoms with E-state index in [2.05, 4.69) is 29.5 Å². The highest BCUT2D eigenvalue weighted by Crippen LogP contribution is 2.21. The molecule has 2 aromatic rings. The molecule has 1 saturated heterocycles. The number of hydrogen-bond acceptors (Lipinski definition) is 3. The summed E-state index contributed by atoms with van der Waals surface area (Å²) in [4.78, 5) is 14.5. The molecule has 1 N–H and O–H groups in total. The van der Waals surface area contributed by atoms with Gasteiger partial charge in [0.05, 0.1) is 30.5 Å². The van der Waals surface area contributed by atoms with Crippen LogP contribution in [-0.2, 0) is 17.8 Å². The van der Waals surface area contributed by atoms with Crippen molar-refractivity contribution in [2.45, 2.75) is 59.4 Å². The fourth-order valence-corrected chi connectivity index (χ4v) is 3.78. The Balaban J connectivity index is 1.65. The van der Waals surface area contributed by atoms with Gasteiger partial charge in [-0.3, -0.25) is 4.68 Å². The summed E-state index contributed by atoms with van der Waals surface area (Å²) in [6, 6.07) is 10.2. The van der Waals surface area contributed by atoms with Crippen LogP contribution in [0.5, 0.6) is 0 Å². The van der Waals surface area contributed by atoms with E-state index in [0.29, 0.717) is 19.6 Å². The van der Waals surface area contributed by atoms with Gasteiger partial charge in [0.2, 0.25) is 0 Å². The van der Waals surface area contributed by atoms with Crippen LogP contribution >= 0.6 is 0 Å². The zero-order chi connectivity index (χ0) is 19.6. The van der Waals surface area contributed by atoms with Crippen molar-refractivity contribution >= 4 is 6.03 Å². The lowest BCUT2D eigenvalue weighted by atomic mass is 10.1. The van der Waals surface area contributed by atoms with Crippen molar-refractivity contribution in [1.82, 2.24) is 20.0 Å². The van der Waals surface area contributed by atoms with Gasteiger partial charge in [0, 0.05) is 24.3 Å². The van der Waals surface area contributed by atoms with Gasteiger partial charge in [0.1, 0.15) is 0 Å². The van der Waals surface area contributed by atoms with Crippen molar-refractivity contribution in [3.8, 4) is 0 Å². The number of carbonyl (C=O) groups excluding carboxylic acids is 1. The van der Waals surface area contributed by atoms with Crippen LogP contribution in [0.25, 0.3) is 0 Å². The largest absolute Gasteiger partial charge is 0.369 e. The van der Waals surface area contributed by atoms with Gasteiger partial charge in [-0.05, 0) is 40.2 Å². The Kier molecular flexibility index (Phi) is 5.56. The predicted molar refractivity (Wildman–Crippen MR) is 106 cm³/mol. The molecule has 1 aromatic carbocycles. The van der Waals surface area contributed by atoms with Crippen molar-refractivity contribution in [3.05, 3.63) is 52.8 Å². The van der Waals surface area contributed by atoms with E-state index in [1.807, 2.05) is 55.5 Å². The van der Waals surface area contributed by atoms with E-state index in [0.717, 1.165) is 23.5 Å². The van der Waals surface area contributed by atoms with E-state index >= 15 is 0 Å². The molecule has 0 radical (unpaired) electrons. The molecular weight excluding hydrogens is 340 g/mol. The molecule has 6 heteroatoms. The number of carbonyl (C=O) groups is 1. The molecule has 1 atom stereocenters. The van der Waals surface area contributed by atoms with Crippen molar-refractivity contribution < 1.29 is 9.53 Å². The van der Waals surface area contributed by atoms with Crippen LogP contribution in [0.2, 0.25) is 0 Å². The Bertz CT molecular complexity index is 798. The number of nitrogens with zero attached hydrogens (tertiary/aromatic N) is 3. The number of benzene rings is 1. The summed E-state index contributed by atoms with van der Waals surface area (Å²) in [5.74, 6) is 0. The fourth-order valence-electron chi connectivity index (χ4n) is 3.78. The van der Waals surface area contributed by atoms with Gasteiger partial charge in [0.25, 0.3) is 0 Å². The summed E-state index contributed by atoms with van der Waals surface area (Å²) < 4.78 is 7.89. The van der Waals surface area contributed by atoms with Crippen LogP contribution in [0.1, 0.15) is 43.3 Å². The number of hydrogen-bond donors (Lipinski definition) is 1. The number of amides is 2. The van der Waals surface area contributed by atoms with Crippen LogP contribution in [0.4, 0.5) is 4.79 Å². The third kappa shape index (κ3) is 4.69. The fraction of sp³-hybridized carbons (Fsp3) is 0.524. The average molecular weight is 370 g/mol. The number of aromatic nitrogens is 2. The zero-order valence-corrected chi connectivity index (χ0v) is 17.0. The van der Waals surface area contributed by atoms with E-state index in [1.165, 1.54) is 5.56 Å². The van der Waals surface area contributed by atoms with Crippen LogP contribution in [0.15, 0.2) is 30.3 Å². The molecule has 3 rings (SSSR count). The lowest BCUT2D eigenvalue weighted by Gasteiger charge is -2.41. The van der Waals surface area contributed by atoms with Crippen molar-refractivity contribution in [3.63, 3.8) is 0 Å². The molecule has 0 unspecified atom stereocenters. The highest BCUT2D eigenvalue weighted by molar-refractivity contribution is 5.74. The van der Waals surface area contributed by atoms with Crippen molar-refractivity contribution in [2.24, 2.45) is 0 Å². The second kappa shape index (κ2) is 7.72. The van der Waals surface area contributed by atoms with Gasteiger partial charge in [-0.25, -0.2) is 4.79 Å². The van der Waals surface area contributed by atoms with Gasteiger partial charge < -0.3 is 15.0 Å². The molecule has 146 valence electrons. The van der Waals surface area contributed by atoms with Crippen LogP contribution < -0.4 is 5.32 Å². The first-order valence-electron chi connectivity index (χ1n) is 9.52. The zero-order valence-electron chi connectivity index (χ0n) is 17.0. The molecule has 27 heavy (non-hydrogen) atoms. The summed E-state index contributed by atoms with van der Waals surface area (Å²) in [5, 5.41) is 7.73. The molecule has 6 nitrogen and oxygen atoms in total. The Hall–Kier alpha value is -2.34. The van der Waals surface area contributed by atoms with E-state index in [1.54, 1.807) is 0 Å². The first kappa shape index (κ1) is 19.4. The van der Waals surface area contributed by atoms with Gasteiger partial charge in [-0.15, -0.1) is 0 Å². The molecule has 0 bridgehead atoms. The maximum absolute atomic E-state index is 12.7. The summed E-state index contributed by atoms with van der Waals surface area (Å²) in [6.45, 7) is 12.5. The van der Waals surface area contributed by atoms with Crippen molar-refractivity contribution in [2.75, 3.05) is 13.1 Å². The smallest absolute Gasteiger partial charge is 0.317 e. The van der Waals surface area contributed by atoms with Crippen LogP contribution in [0.3, 0.4) is 0 Å². The van der Waals surface area contributed by atoms with E-state index < -0.39 is 0 Å². The summed E-state index contributed by atoms with van der Waals surface area (Å²) in [6.07, 6.45) is 0.0385. The maximum Gasteiger partial charge on any atom is 0.317 e. The molecule has 0 aliphatic carbocycles. The number of urea groups is 1. The van der Waals surface area contributed by atoms with Crippen molar-refractivity contribution in [1.29, 1.82) is 0 Å². The summed E-state index contributed by atoms with van der Waals surface area (Å²) in [7, 11) is 0. The second-order valence-electron chi connectivity index (χ2n) is 8.02. The van der Waals surface area contributed by atoms with Gasteiger partial charge in [0.15, 0.2) is 0 Å². The maximum atomic E-state index is 12.7. The van der Waals surface area contributed by atoms with Gasteiger partial charge in [-0.1, -0.05) is 30.3 Å². The second-order valence-corrected chi connectivity index (χ2v) is 8.02. The minimum atomic E-state index is -0.318. The molecule has 0 spiro atoms. The molecule has 1 aromatic heterocycles. The molecule has 2 heterocycles. The summed E-state index contributed by atoms with van der Waals surface area (Å²) in [5.41, 5.74) is 4.02. The number of aryl methyl sites for hydroxylation is 1. The van der Waals surface area contributed by atoms with E-state index in [9.17, 15) is 4.79 Å². The molecule has 2 amide bonds. The van der Waals surface area contributed by atoms with E-state index in [4.69, 9.17) is 4.74 Å². The molecule has 0 saturated carbocycles. The van der Waals surface area contributed by atoms with E-state index in [-0.39, 0.29) is 17.7 Å². The van der Waals surface area contributed by atoms with Crippen LogP contribution in [0, 0.1) is 13.8 Å². The standard InChI is InChI=1S/C21H30N4O2/c1-15-12-24(14-21(4,5)27-15)20(26)22-11-19-16(2)23-25(17(19)3)13-18-9-7-6-8-10-18/h6-10,15H,11-14H2,1-5H3,(H,22,26)/t15-/m0/s1. The quantitative estimate of drug-likeness (QED) is 0.899. The highest BCUT2D eigenvalue weighted by atomic mass is 16.5. The predicted octanol–water partition coefficient (Wildman–Crippen LogP) is 3.26. The average Bonchev–Trinajstić information content (AvgIpc) is 2.85. The topological polar surface area (TPSA) is 59.4 Å². The first-order valence-corrected chi connectivity index (χ1v) is 9.52. The number of ether oxygens (including phenoxy) is 1. The highest BCUT2D eigenvalue weighted by Gasteiger charge is 2.33. The lowest BCUT2D eigenvalue weighted by molar-refractivity contribution is -0.117. The SMILES string of the molecule is Cc1nn(Cc2ccccc2)c(C)c1CNC(=O)N1C[C@H](C)OC(C)(C)C1. The first-order chi connectivity index (χ1) is 12.7. The minimum absolute atomic E-state index is 0.0385. The third-order valence-electron chi connectivity index (χ3n) is 4.98. The Morgan fingerprint density at radius 2 is 2.00 bits per heavy atom. The Morgan fingerprint density at radius 1 is 1.30 bits per heavy atom. The number of nitrogens with one attached hydrogen (secondary N) is 1. The Morgan fingerprint density at radius 3 is 2.67 bits per heavy atom. The molecule has 1 aliphatic heterocycles. The van der Waals surface area contributed by atoms with Crippen LogP contribution in [-0.4, -0.2) is 45.5 Å². The molecule has 1 aliphatic rings. The lowest BCUT2D eigenvalue weighted by Crippen LogP contribution is -2.56. The van der Waals surface area contributed by atoms with Gasteiger partial charge in [-0.2, -0.15) is 5.10 Å². The monoisotopic (exact) mass is 370 g/mol. The summed E-state index contributed by atoms with van der Waals surface area (Å²) >= 11 is 0. The minimum Gasteiger partial charge on any atom is -0.369 e. The van der Waals surface area contributed by atoms with Gasteiger partial charge >= 0.3 is 6.03 Å². The Labute approximate surface area is 161 Å². The molecular formula is C21H30N4O2. The number of morpholine rings is 1.